The van der Waals surface area contributed by atoms with Crippen LogP contribution in [0.5, 0.6) is 5.75 Å². The summed E-state index contributed by atoms with van der Waals surface area (Å²) in [5.74, 6) is -3.51. The molecule has 3 rings (SSSR count). The highest BCUT2D eigenvalue weighted by atomic mass is 32.2. The quantitative estimate of drug-likeness (QED) is 0.559. The Bertz CT molecular complexity index is 1100. The largest absolute Gasteiger partial charge is 0.770 e. The van der Waals surface area contributed by atoms with Crippen molar-refractivity contribution in [3.8, 4) is 5.75 Å². The van der Waals surface area contributed by atoms with E-state index in [1.165, 1.54) is 12.1 Å². The number of carboxylic acids is 1. The summed E-state index contributed by atoms with van der Waals surface area (Å²) in [6.45, 7) is -0.0782. The van der Waals surface area contributed by atoms with Crippen molar-refractivity contribution in [2.45, 2.75) is 11.5 Å². The van der Waals surface area contributed by atoms with Gasteiger partial charge in [-0.1, -0.05) is 60.7 Å². The maximum Gasteiger partial charge on any atom is 0.375 e. The lowest BCUT2D eigenvalue weighted by atomic mass is 10.0. The maximum atomic E-state index is 12.6. The number of rotatable bonds is 7. The zero-order valence-electron chi connectivity index (χ0n) is 14.9. The smallest absolute Gasteiger partial charge is 0.375 e. The van der Waals surface area contributed by atoms with E-state index in [1.807, 2.05) is 0 Å². The van der Waals surface area contributed by atoms with Crippen molar-refractivity contribution in [3.63, 3.8) is 0 Å². The van der Waals surface area contributed by atoms with E-state index in [9.17, 15) is 23.5 Å². The van der Waals surface area contributed by atoms with E-state index in [4.69, 9.17) is 14.9 Å². The van der Waals surface area contributed by atoms with E-state index in [0.717, 1.165) is 6.07 Å². The molecule has 9 heteroatoms. The molecular formula is C20H16NO7S-. The van der Waals surface area contributed by atoms with Crippen LogP contribution in [0.15, 0.2) is 75.9 Å². The van der Waals surface area contributed by atoms with Crippen molar-refractivity contribution in [3.05, 3.63) is 99.6 Å². The van der Waals surface area contributed by atoms with Gasteiger partial charge in [0.2, 0.25) is 11.2 Å². The molecule has 2 aromatic carbocycles. The van der Waals surface area contributed by atoms with Gasteiger partial charge in [-0.2, -0.15) is 0 Å². The first kappa shape index (κ1) is 20.5. The molecule has 0 radical (unpaired) electrons. The third-order valence-corrected chi connectivity index (χ3v) is 5.12. The van der Waals surface area contributed by atoms with Gasteiger partial charge in [0, 0.05) is 6.07 Å². The van der Waals surface area contributed by atoms with Gasteiger partial charge in [-0.3, -0.25) is 9.00 Å². The topological polar surface area (TPSA) is 143 Å². The zero-order chi connectivity index (χ0) is 21.0. The molecule has 0 saturated carbocycles. The van der Waals surface area contributed by atoms with Gasteiger partial charge in [0.15, 0.2) is 4.87 Å². The lowest BCUT2D eigenvalue weighted by molar-refractivity contribution is 0.0646. The van der Waals surface area contributed by atoms with Crippen LogP contribution in [0, 0.1) is 0 Å². The van der Waals surface area contributed by atoms with Gasteiger partial charge in [0.05, 0.1) is 0 Å². The summed E-state index contributed by atoms with van der Waals surface area (Å²) in [5.41, 5.74) is 5.99. The molecule has 3 N–H and O–H groups in total. The minimum Gasteiger partial charge on any atom is -0.770 e. The average molecular weight is 414 g/mol. The lowest BCUT2D eigenvalue weighted by Crippen LogP contribution is -2.43. The van der Waals surface area contributed by atoms with Crippen LogP contribution < -0.4 is 15.9 Å². The predicted molar refractivity (Wildman–Crippen MR) is 103 cm³/mol. The minimum absolute atomic E-state index is 0.0782. The van der Waals surface area contributed by atoms with Gasteiger partial charge in [0.1, 0.15) is 12.4 Å². The van der Waals surface area contributed by atoms with E-state index in [1.54, 1.807) is 48.5 Å². The molecule has 29 heavy (non-hydrogen) atoms. The zero-order valence-corrected chi connectivity index (χ0v) is 15.8. The van der Waals surface area contributed by atoms with Gasteiger partial charge in [-0.25, -0.2) is 4.79 Å². The Morgan fingerprint density at radius 3 is 2.28 bits per heavy atom. The lowest BCUT2D eigenvalue weighted by Gasteiger charge is -2.31. The number of nitrogens with two attached hydrogens (primary N) is 1. The second kappa shape index (κ2) is 8.39. The number of hydrogen-bond acceptors (Lipinski definition) is 7. The minimum atomic E-state index is -2.98. The molecule has 150 valence electrons. The van der Waals surface area contributed by atoms with Crippen molar-refractivity contribution in [1.29, 1.82) is 0 Å². The molecule has 2 atom stereocenters. The van der Waals surface area contributed by atoms with Crippen LogP contribution in [0.3, 0.4) is 0 Å². The highest BCUT2D eigenvalue weighted by Gasteiger charge is 2.36. The number of hydrogen-bond donors (Lipinski definition) is 2. The van der Waals surface area contributed by atoms with Gasteiger partial charge in [-0.15, -0.1) is 0 Å². The Morgan fingerprint density at radius 2 is 1.72 bits per heavy atom. The molecule has 0 amide bonds. The summed E-state index contributed by atoms with van der Waals surface area (Å²) < 4.78 is 34.5. The second-order valence-electron chi connectivity index (χ2n) is 6.05. The Balaban J connectivity index is 2.09. The molecular weight excluding hydrogens is 398 g/mol. The third-order valence-electron chi connectivity index (χ3n) is 4.16. The fourth-order valence-electron chi connectivity index (χ4n) is 2.68. The summed E-state index contributed by atoms with van der Waals surface area (Å²) in [5, 5.41) is 9.48. The molecule has 0 aliphatic heterocycles. The monoisotopic (exact) mass is 414 g/mol. The van der Waals surface area contributed by atoms with Crippen LogP contribution in [-0.4, -0.2) is 19.8 Å². The molecule has 1 heterocycles. The third kappa shape index (κ3) is 4.11. The van der Waals surface area contributed by atoms with E-state index in [2.05, 4.69) is 0 Å². The molecule has 3 aromatic rings. The van der Waals surface area contributed by atoms with Crippen LogP contribution >= 0.6 is 0 Å². The predicted octanol–water partition coefficient (Wildman–Crippen LogP) is 1.96. The molecule has 0 bridgehead atoms. The van der Waals surface area contributed by atoms with E-state index in [-0.39, 0.29) is 12.2 Å². The average Bonchev–Trinajstić information content (AvgIpc) is 2.72. The number of carboxylic acid groups (broad SMARTS) is 1. The highest BCUT2D eigenvalue weighted by Crippen LogP contribution is 2.31. The Hall–Kier alpha value is -3.27. The summed E-state index contributed by atoms with van der Waals surface area (Å²) >= 11 is -2.98. The molecule has 0 fully saturated rings. The molecule has 0 saturated heterocycles. The molecule has 0 spiro atoms. The molecule has 8 nitrogen and oxygen atoms in total. The molecule has 2 unspecified atom stereocenters. The summed E-state index contributed by atoms with van der Waals surface area (Å²) in [7, 11) is 0. The molecule has 1 aromatic heterocycles. The van der Waals surface area contributed by atoms with Crippen molar-refractivity contribution < 1.29 is 27.8 Å². The fourth-order valence-corrected chi connectivity index (χ4v) is 3.27. The van der Waals surface area contributed by atoms with E-state index in [0.29, 0.717) is 5.56 Å². The Morgan fingerprint density at radius 1 is 1.14 bits per heavy atom. The number of carbonyl (C=O) groups is 1. The number of benzene rings is 2. The first-order chi connectivity index (χ1) is 13.8. The van der Waals surface area contributed by atoms with Crippen LogP contribution in [0.1, 0.15) is 27.4 Å². The Labute approximate surface area is 167 Å². The van der Waals surface area contributed by atoms with Crippen LogP contribution in [-0.2, 0) is 22.6 Å². The second-order valence-corrected chi connectivity index (χ2v) is 7.16. The first-order valence-corrected chi connectivity index (χ1v) is 9.44. The SMILES string of the molecule is NC(c1ccccc1)(c1cc(=O)c(OCc2ccccc2)c(C(=O)O)o1)S(=O)[O-]. The van der Waals surface area contributed by atoms with E-state index >= 15 is 0 Å². The summed E-state index contributed by atoms with van der Waals surface area (Å²) in [6, 6.07) is 17.2. The normalized spacial score (nSPS) is 14.0. The summed E-state index contributed by atoms with van der Waals surface area (Å²) in [4.78, 5) is 22.0. The fraction of sp³-hybridized carbons (Fsp3) is 0.100. The van der Waals surface area contributed by atoms with Gasteiger partial charge < -0.3 is 24.5 Å². The van der Waals surface area contributed by atoms with Crippen LogP contribution in [0.2, 0.25) is 0 Å². The van der Waals surface area contributed by atoms with E-state index < -0.39 is 44.6 Å². The standard InChI is InChI=1S/C20H17NO7S/c21-20(29(25)26,14-9-5-2-6-10-14)16-11-15(22)17(18(28-16)19(23)24)27-12-13-7-3-1-4-8-13/h1-11H,12,21H2,(H,23,24)(H,25,26)/p-1. The van der Waals surface area contributed by atoms with Crippen molar-refractivity contribution in [1.82, 2.24) is 0 Å². The van der Waals surface area contributed by atoms with Gasteiger partial charge in [0.25, 0.3) is 5.76 Å². The van der Waals surface area contributed by atoms with Crippen LogP contribution in [0.25, 0.3) is 0 Å². The van der Waals surface area contributed by atoms with Crippen molar-refractivity contribution in [2.75, 3.05) is 0 Å². The maximum absolute atomic E-state index is 12.6. The molecule has 0 aliphatic carbocycles. The van der Waals surface area contributed by atoms with Gasteiger partial charge >= 0.3 is 5.97 Å². The van der Waals surface area contributed by atoms with Gasteiger partial charge in [-0.05, 0) is 22.2 Å². The molecule has 0 aliphatic rings. The van der Waals surface area contributed by atoms with Crippen molar-refractivity contribution >= 4 is 17.0 Å². The highest BCUT2D eigenvalue weighted by molar-refractivity contribution is 7.80. The number of aromatic carboxylic acids is 1. The number of ether oxygens (including phenoxy) is 1. The van der Waals surface area contributed by atoms with Crippen LogP contribution in [0.4, 0.5) is 0 Å². The summed E-state index contributed by atoms with van der Waals surface area (Å²) in [6.07, 6.45) is 0. The Kier molecular flexibility index (Phi) is 5.92. The van der Waals surface area contributed by atoms with Crippen molar-refractivity contribution in [2.24, 2.45) is 5.73 Å². The first-order valence-electron chi connectivity index (χ1n) is 8.36.